The number of sulfonamides is 1. The SMILES string of the molecule is CCCn1c(CSc2nnc(-c3ccc(C)cc3)n2C)nc2cc(S(=O)(=O)N(C)C)ccc21. The molecule has 2 aromatic heterocycles. The molecule has 2 heterocycles. The summed E-state index contributed by atoms with van der Waals surface area (Å²) >= 11 is 1.57. The van der Waals surface area contributed by atoms with E-state index in [0.29, 0.717) is 11.3 Å². The molecule has 0 aliphatic heterocycles. The predicted octanol–water partition coefficient (Wildman–Crippen LogP) is 4.09. The molecule has 0 amide bonds. The Kier molecular flexibility index (Phi) is 6.60. The van der Waals surface area contributed by atoms with Crippen LogP contribution in [-0.4, -0.2) is 51.1 Å². The summed E-state index contributed by atoms with van der Waals surface area (Å²) in [4.78, 5) is 5.03. The zero-order chi connectivity index (χ0) is 23.8. The number of imidazole rings is 1. The molecule has 10 heteroatoms. The summed E-state index contributed by atoms with van der Waals surface area (Å²) in [5.41, 5.74) is 3.84. The maximum absolute atomic E-state index is 12.5. The Morgan fingerprint density at radius 3 is 2.45 bits per heavy atom. The Labute approximate surface area is 198 Å². The van der Waals surface area contributed by atoms with Crippen LogP contribution in [0.3, 0.4) is 0 Å². The Balaban J connectivity index is 1.63. The highest BCUT2D eigenvalue weighted by atomic mass is 32.2. The van der Waals surface area contributed by atoms with Gasteiger partial charge in [0.15, 0.2) is 11.0 Å². The predicted molar refractivity (Wildman–Crippen MR) is 132 cm³/mol. The van der Waals surface area contributed by atoms with Crippen LogP contribution in [0.1, 0.15) is 24.7 Å². The van der Waals surface area contributed by atoms with Gasteiger partial charge in [-0.25, -0.2) is 17.7 Å². The molecule has 33 heavy (non-hydrogen) atoms. The molecule has 0 saturated carbocycles. The number of aryl methyl sites for hydroxylation is 2. The lowest BCUT2D eigenvalue weighted by Crippen LogP contribution is -2.22. The van der Waals surface area contributed by atoms with Crippen LogP contribution in [0.2, 0.25) is 0 Å². The van der Waals surface area contributed by atoms with E-state index in [1.807, 2.05) is 29.8 Å². The van der Waals surface area contributed by atoms with Gasteiger partial charge in [-0.05, 0) is 31.5 Å². The van der Waals surface area contributed by atoms with Crippen molar-refractivity contribution in [2.24, 2.45) is 7.05 Å². The van der Waals surface area contributed by atoms with Crippen molar-refractivity contribution in [1.82, 2.24) is 28.6 Å². The minimum atomic E-state index is -3.51. The van der Waals surface area contributed by atoms with Gasteiger partial charge < -0.3 is 9.13 Å². The van der Waals surface area contributed by atoms with Gasteiger partial charge in [-0.2, -0.15) is 0 Å². The third-order valence-electron chi connectivity index (χ3n) is 5.50. The zero-order valence-electron chi connectivity index (χ0n) is 19.5. The number of thioether (sulfide) groups is 1. The maximum atomic E-state index is 12.5. The first kappa shape index (κ1) is 23.5. The molecule has 2 aromatic carbocycles. The van der Waals surface area contributed by atoms with Gasteiger partial charge in [-0.1, -0.05) is 48.5 Å². The summed E-state index contributed by atoms with van der Waals surface area (Å²) in [5, 5.41) is 9.56. The number of benzene rings is 2. The molecular weight excluding hydrogens is 456 g/mol. The van der Waals surface area contributed by atoms with E-state index >= 15 is 0 Å². The zero-order valence-corrected chi connectivity index (χ0v) is 21.1. The van der Waals surface area contributed by atoms with Crippen molar-refractivity contribution in [3.8, 4) is 11.4 Å². The van der Waals surface area contributed by atoms with Gasteiger partial charge in [0.25, 0.3) is 0 Å². The van der Waals surface area contributed by atoms with E-state index < -0.39 is 10.0 Å². The molecule has 8 nitrogen and oxygen atoms in total. The monoisotopic (exact) mass is 484 g/mol. The van der Waals surface area contributed by atoms with Gasteiger partial charge in [-0.15, -0.1) is 10.2 Å². The second-order valence-electron chi connectivity index (χ2n) is 8.14. The van der Waals surface area contributed by atoms with Gasteiger partial charge in [0.2, 0.25) is 10.0 Å². The molecule has 0 aliphatic carbocycles. The van der Waals surface area contributed by atoms with E-state index in [0.717, 1.165) is 40.9 Å². The van der Waals surface area contributed by atoms with E-state index in [4.69, 9.17) is 4.98 Å². The van der Waals surface area contributed by atoms with Gasteiger partial charge in [0.05, 0.1) is 21.7 Å². The lowest BCUT2D eigenvalue weighted by Gasteiger charge is -2.11. The van der Waals surface area contributed by atoms with E-state index in [1.54, 1.807) is 23.9 Å². The van der Waals surface area contributed by atoms with Crippen LogP contribution in [0.15, 0.2) is 52.5 Å². The highest BCUT2D eigenvalue weighted by molar-refractivity contribution is 7.98. The van der Waals surface area contributed by atoms with Crippen molar-refractivity contribution in [3.63, 3.8) is 0 Å². The molecule has 0 spiro atoms. The number of fused-ring (bicyclic) bond motifs is 1. The average Bonchev–Trinajstić information content (AvgIpc) is 3.32. The summed E-state index contributed by atoms with van der Waals surface area (Å²) in [6.45, 7) is 4.98. The lowest BCUT2D eigenvalue weighted by atomic mass is 10.1. The first-order chi connectivity index (χ1) is 15.7. The fourth-order valence-corrected chi connectivity index (χ4v) is 5.42. The topological polar surface area (TPSA) is 85.9 Å². The standard InChI is InChI=1S/C23H28N6O2S2/c1-6-13-29-20-12-11-18(33(30,31)27(3)4)14-19(20)24-21(29)15-32-23-26-25-22(28(23)5)17-9-7-16(2)8-10-17/h7-12,14H,6,13,15H2,1-5H3. The van der Waals surface area contributed by atoms with Crippen LogP contribution < -0.4 is 0 Å². The van der Waals surface area contributed by atoms with E-state index in [1.165, 1.54) is 24.0 Å². The number of rotatable bonds is 8. The summed E-state index contributed by atoms with van der Waals surface area (Å²) in [6.07, 6.45) is 0.947. The van der Waals surface area contributed by atoms with Crippen LogP contribution in [0, 0.1) is 6.92 Å². The highest BCUT2D eigenvalue weighted by Crippen LogP contribution is 2.28. The fraction of sp³-hybridized carbons (Fsp3) is 0.348. The normalized spacial score (nSPS) is 12.2. The molecule has 0 radical (unpaired) electrons. The molecule has 0 N–H and O–H groups in total. The quantitative estimate of drug-likeness (QED) is 0.350. The number of aromatic nitrogens is 5. The second kappa shape index (κ2) is 9.28. The lowest BCUT2D eigenvalue weighted by molar-refractivity contribution is 0.521. The first-order valence-corrected chi connectivity index (χ1v) is 13.2. The van der Waals surface area contributed by atoms with Crippen molar-refractivity contribution in [3.05, 3.63) is 53.9 Å². The van der Waals surface area contributed by atoms with Crippen LogP contribution in [0.5, 0.6) is 0 Å². The third kappa shape index (κ3) is 4.55. The van der Waals surface area contributed by atoms with Gasteiger partial charge in [0, 0.05) is 33.3 Å². The Morgan fingerprint density at radius 1 is 1.06 bits per heavy atom. The molecule has 4 rings (SSSR count). The van der Waals surface area contributed by atoms with Crippen LogP contribution in [-0.2, 0) is 29.4 Å². The highest BCUT2D eigenvalue weighted by Gasteiger charge is 2.20. The smallest absolute Gasteiger partial charge is 0.242 e. The molecule has 174 valence electrons. The molecule has 4 aromatic rings. The molecule has 0 bridgehead atoms. The number of nitrogens with zero attached hydrogens (tertiary/aromatic N) is 6. The Morgan fingerprint density at radius 2 is 1.79 bits per heavy atom. The van der Waals surface area contributed by atoms with Crippen molar-refractivity contribution in [1.29, 1.82) is 0 Å². The van der Waals surface area contributed by atoms with Gasteiger partial charge >= 0.3 is 0 Å². The van der Waals surface area contributed by atoms with Gasteiger partial charge in [0.1, 0.15) is 5.82 Å². The van der Waals surface area contributed by atoms with Crippen molar-refractivity contribution < 1.29 is 8.42 Å². The summed E-state index contributed by atoms with van der Waals surface area (Å²) in [5.74, 6) is 2.30. The second-order valence-corrected chi connectivity index (χ2v) is 11.2. The summed E-state index contributed by atoms with van der Waals surface area (Å²) < 4.78 is 30.5. The van der Waals surface area contributed by atoms with Crippen LogP contribution in [0.4, 0.5) is 0 Å². The molecule has 0 saturated heterocycles. The largest absolute Gasteiger partial charge is 0.327 e. The minimum Gasteiger partial charge on any atom is -0.327 e. The fourth-order valence-electron chi connectivity index (χ4n) is 3.64. The number of hydrogen-bond acceptors (Lipinski definition) is 6. The molecule has 0 fully saturated rings. The van der Waals surface area contributed by atoms with E-state index in [9.17, 15) is 8.42 Å². The maximum Gasteiger partial charge on any atom is 0.242 e. The average molecular weight is 485 g/mol. The van der Waals surface area contributed by atoms with Crippen LogP contribution >= 0.6 is 11.8 Å². The number of hydrogen-bond donors (Lipinski definition) is 0. The Bertz CT molecular complexity index is 1390. The molecule has 0 unspecified atom stereocenters. The summed E-state index contributed by atoms with van der Waals surface area (Å²) in [7, 11) is 1.51. The molecular formula is C23H28N6O2S2. The van der Waals surface area contributed by atoms with E-state index in [2.05, 4.69) is 40.7 Å². The third-order valence-corrected chi connectivity index (χ3v) is 8.33. The van der Waals surface area contributed by atoms with Crippen LogP contribution in [0.25, 0.3) is 22.4 Å². The van der Waals surface area contributed by atoms with Gasteiger partial charge in [-0.3, -0.25) is 0 Å². The van der Waals surface area contributed by atoms with Crippen molar-refractivity contribution >= 4 is 32.8 Å². The van der Waals surface area contributed by atoms with Crippen molar-refractivity contribution in [2.75, 3.05) is 14.1 Å². The summed E-state index contributed by atoms with van der Waals surface area (Å²) in [6, 6.07) is 13.4. The first-order valence-electron chi connectivity index (χ1n) is 10.7. The van der Waals surface area contributed by atoms with E-state index in [-0.39, 0.29) is 4.90 Å². The Hall–Kier alpha value is -2.69. The minimum absolute atomic E-state index is 0.247. The van der Waals surface area contributed by atoms with Crippen molar-refractivity contribution in [2.45, 2.75) is 42.6 Å². The molecule has 0 atom stereocenters. The molecule has 0 aliphatic rings.